The van der Waals surface area contributed by atoms with Gasteiger partial charge in [-0.1, -0.05) is 12.1 Å². The van der Waals surface area contributed by atoms with E-state index in [9.17, 15) is 27.6 Å². The molecule has 3 heterocycles. The third-order valence-electron chi connectivity index (χ3n) is 6.48. The van der Waals surface area contributed by atoms with Crippen molar-refractivity contribution >= 4 is 17.7 Å². The molecule has 31 heavy (non-hydrogen) atoms. The van der Waals surface area contributed by atoms with E-state index >= 15 is 0 Å². The van der Waals surface area contributed by atoms with E-state index in [0.717, 1.165) is 5.56 Å². The van der Waals surface area contributed by atoms with Crippen LogP contribution >= 0.6 is 0 Å². The van der Waals surface area contributed by atoms with Crippen molar-refractivity contribution in [2.24, 2.45) is 11.7 Å². The molecule has 0 saturated carbocycles. The molecule has 0 radical (unpaired) electrons. The molecule has 3 N–H and O–H groups in total. The average Bonchev–Trinajstić information content (AvgIpc) is 3.03. The molecule has 0 bridgehead atoms. The van der Waals surface area contributed by atoms with Gasteiger partial charge < -0.3 is 10.6 Å². The average molecular weight is 438 g/mol. The molecule has 2 fully saturated rings. The van der Waals surface area contributed by atoms with E-state index in [1.807, 2.05) is 0 Å². The van der Waals surface area contributed by atoms with Crippen LogP contribution in [0.2, 0.25) is 0 Å². The Bertz CT molecular complexity index is 904. The summed E-state index contributed by atoms with van der Waals surface area (Å²) in [4.78, 5) is 39.3. The van der Waals surface area contributed by atoms with Crippen molar-refractivity contribution in [3.63, 3.8) is 0 Å². The van der Waals surface area contributed by atoms with Gasteiger partial charge in [0, 0.05) is 25.1 Å². The van der Waals surface area contributed by atoms with Gasteiger partial charge in [0.1, 0.15) is 12.1 Å². The number of rotatable bonds is 4. The first-order valence-electron chi connectivity index (χ1n) is 10.5. The summed E-state index contributed by atoms with van der Waals surface area (Å²) < 4.78 is 41.1. The highest BCUT2D eigenvalue weighted by molar-refractivity contribution is 6.05. The van der Waals surface area contributed by atoms with Crippen LogP contribution in [0.3, 0.4) is 0 Å². The predicted molar refractivity (Wildman–Crippen MR) is 105 cm³/mol. The smallest absolute Gasteiger partial charge is 0.330 e. The molecular formula is C21H25F3N4O3. The molecule has 3 aliphatic heterocycles. The Kier molecular flexibility index (Phi) is 5.78. The first-order valence-corrected chi connectivity index (χ1v) is 10.5. The highest BCUT2D eigenvalue weighted by Crippen LogP contribution is 2.37. The Hall–Kier alpha value is -2.46. The lowest BCUT2D eigenvalue weighted by atomic mass is 9.88. The molecule has 0 spiro atoms. The normalized spacial score (nSPS) is 27.4. The summed E-state index contributed by atoms with van der Waals surface area (Å²) >= 11 is 0. The van der Waals surface area contributed by atoms with Gasteiger partial charge in [-0.15, -0.1) is 0 Å². The maximum Gasteiger partial charge on any atom is 0.404 e. The molecule has 3 aliphatic rings. The van der Waals surface area contributed by atoms with Gasteiger partial charge in [-0.3, -0.25) is 24.6 Å². The fourth-order valence-corrected chi connectivity index (χ4v) is 4.98. The Morgan fingerprint density at radius 2 is 1.94 bits per heavy atom. The Labute approximate surface area is 177 Å². The minimum absolute atomic E-state index is 0.0235. The lowest BCUT2D eigenvalue weighted by Gasteiger charge is -2.41. The zero-order valence-electron chi connectivity index (χ0n) is 17.0. The summed E-state index contributed by atoms with van der Waals surface area (Å²) in [5.41, 5.74) is 7.36. The van der Waals surface area contributed by atoms with Gasteiger partial charge in [-0.25, -0.2) is 0 Å². The molecule has 3 amide bonds. The number of nitrogens with zero attached hydrogens (tertiary/aromatic N) is 2. The van der Waals surface area contributed by atoms with Crippen molar-refractivity contribution < 1.29 is 27.6 Å². The Morgan fingerprint density at radius 1 is 1.16 bits per heavy atom. The SMILES string of the molecule is NC[C@@H]1CCCN(Cc2ccc3c(c2)C(=O)N(C2CCC(=O)NC2=O)C3)[C@@H]1C(F)(F)F. The number of halogens is 3. The van der Waals surface area contributed by atoms with Gasteiger partial charge in [0.2, 0.25) is 11.8 Å². The maximum atomic E-state index is 13.7. The number of carbonyl (C=O) groups is 3. The molecule has 0 aromatic heterocycles. The predicted octanol–water partition coefficient (Wildman–Crippen LogP) is 1.55. The number of fused-ring (bicyclic) bond motifs is 1. The van der Waals surface area contributed by atoms with Gasteiger partial charge in [0.25, 0.3) is 5.91 Å². The van der Waals surface area contributed by atoms with Crippen molar-refractivity contribution in [3.05, 3.63) is 34.9 Å². The fraction of sp³-hybridized carbons (Fsp3) is 0.571. The number of piperidine rings is 2. The summed E-state index contributed by atoms with van der Waals surface area (Å²) in [7, 11) is 0. The molecule has 168 valence electrons. The van der Waals surface area contributed by atoms with Gasteiger partial charge >= 0.3 is 6.18 Å². The third kappa shape index (κ3) is 4.18. The van der Waals surface area contributed by atoms with Gasteiger partial charge in [0.05, 0.1) is 0 Å². The van der Waals surface area contributed by atoms with Gasteiger partial charge in [0.15, 0.2) is 0 Å². The Morgan fingerprint density at radius 3 is 2.61 bits per heavy atom. The molecule has 7 nitrogen and oxygen atoms in total. The van der Waals surface area contributed by atoms with Crippen LogP contribution in [0.1, 0.15) is 47.2 Å². The number of carbonyl (C=O) groups excluding carboxylic acids is 3. The van der Waals surface area contributed by atoms with E-state index in [1.54, 1.807) is 18.2 Å². The van der Waals surface area contributed by atoms with Crippen LogP contribution in [-0.2, 0) is 22.7 Å². The number of likely N-dealkylation sites (tertiary alicyclic amines) is 1. The minimum Gasteiger partial charge on any atom is -0.330 e. The highest BCUT2D eigenvalue weighted by atomic mass is 19.4. The molecule has 0 aliphatic carbocycles. The first kappa shape index (κ1) is 21.8. The van der Waals surface area contributed by atoms with Crippen LogP contribution < -0.4 is 11.1 Å². The van der Waals surface area contributed by atoms with Gasteiger partial charge in [-0.05, 0) is 55.5 Å². The molecule has 1 aromatic carbocycles. The summed E-state index contributed by atoms with van der Waals surface area (Å²) in [6, 6.07) is 2.78. The summed E-state index contributed by atoms with van der Waals surface area (Å²) in [6.07, 6.45) is -2.86. The number of alkyl halides is 3. The fourth-order valence-electron chi connectivity index (χ4n) is 4.98. The minimum atomic E-state index is -4.38. The largest absolute Gasteiger partial charge is 0.404 e. The van der Waals surface area contributed by atoms with E-state index in [1.165, 1.54) is 9.80 Å². The summed E-state index contributed by atoms with van der Waals surface area (Å²) in [6.45, 7) is 0.600. The van der Waals surface area contributed by atoms with Crippen molar-refractivity contribution in [1.29, 1.82) is 0 Å². The van der Waals surface area contributed by atoms with Crippen LogP contribution in [0.5, 0.6) is 0 Å². The van der Waals surface area contributed by atoms with E-state index in [0.29, 0.717) is 30.5 Å². The van der Waals surface area contributed by atoms with E-state index in [-0.39, 0.29) is 44.3 Å². The lowest BCUT2D eigenvalue weighted by Crippen LogP contribution is -2.54. The molecule has 4 rings (SSSR count). The maximum absolute atomic E-state index is 13.7. The van der Waals surface area contributed by atoms with Crippen molar-refractivity contribution in [2.75, 3.05) is 13.1 Å². The molecule has 1 unspecified atom stereocenters. The second-order valence-corrected chi connectivity index (χ2v) is 8.49. The molecular weight excluding hydrogens is 413 g/mol. The number of nitrogens with one attached hydrogen (secondary N) is 1. The van der Waals surface area contributed by atoms with E-state index in [2.05, 4.69) is 5.32 Å². The highest BCUT2D eigenvalue weighted by Gasteiger charge is 2.49. The van der Waals surface area contributed by atoms with Gasteiger partial charge in [-0.2, -0.15) is 13.2 Å². The number of benzene rings is 1. The number of amides is 3. The van der Waals surface area contributed by atoms with E-state index in [4.69, 9.17) is 5.73 Å². The first-order chi connectivity index (χ1) is 14.7. The summed E-state index contributed by atoms with van der Waals surface area (Å²) in [5, 5.41) is 2.25. The molecule has 10 heteroatoms. The number of nitrogens with two attached hydrogens (primary N) is 1. The van der Waals surface area contributed by atoms with Crippen molar-refractivity contribution in [1.82, 2.24) is 15.1 Å². The van der Waals surface area contributed by atoms with E-state index < -0.39 is 30.1 Å². The second kappa shape index (κ2) is 8.23. The van der Waals surface area contributed by atoms with Crippen LogP contribution in [0, 0.1) is 5.92 Å². The number of hydrogen-bond acceptors (Lipinski definition) is 5. The van der Waals surface area contributed by atoms with Crippen LogP contribution in [0.25, 0.3) is 0 Å². The molecule has 1 aromatic rings. The van der Waals surface area contributed by atoms with Crippen LogP contribution in [-0.4, -0.2) is 58.9 Å². The standard InChI is InChI=1S/C21H25F3N4O3/c22-21(23,24)18-13(9-25)2-1-7-27(18)10-12-3-4-14-11-28(20(31)15(14)8-12)16-5-6-17(29)26-19(16)30/h3-4,8,13,16,18H,1-2,5-7,9-11,25H2,(H,26,29,30)/t13-,16?,18-/m0/s1. The molecule has 3 atom stereocenters. The number of imide groups is 1. The van der Waals surface area contributed by atoms with Crippen molar-refractivity contribution in [3.8, 4) is 0 Å². The zero-order valence-corrected chi connectivity index (χ0v) is 17.0. The van der Waals surface area contributed by atoms with Crippen LogP contribution in [0.4, 0.5) is 13.2 Å². The summed E-state index contributed by atoms with van der Waals surface area (Å²) in [5.74, 6) is -1.83. The third-order valence-corrected chi connectivity index (χ3v) is 6.48. The monoisotopic (exact) mass is 438 g/mol. The zero-order chi connectivity index (χ0) is 22.3. The quantitative estimate of drug-likeness (QED) is 0.696. The van der Waals surface area contributed by atoms with Crippen molar-refractivity contribution in [2.45, 2.75) is 57.0 Å². The Balaban J connectivity index is 1.52. The lowest BCUT2D eigenvalue weighted by molar-refractivity contribution is -0.206. The second-order valence-electron chi connectivity index (χ2n) is 8.49. The number of hydrogen-bond donors (Lipinski definition) is 2. The van der Waals surface area contributed by atoms with Crippen LogP contribution in [0.15, 0.2) is 18.2 Å². The topological polar surface area (TPSA) is 95.7 Å². The molecule has 2 saturated heterocycles.